The van der Waals surface area contributed by atoms with Gasteiger partial charge in [0.2, 0.25) is 0 Å². The molecule has 0 saturated carbocycles. The number of ether oxygens (including phenoxy) is 1. The second-order valence-electron chi connectivity index (χ2n) is 5.14. The molecule has 3 nitrogen and oxygen atoms in total. The standard InChI is InChI=1S/C19H14ClNO2/c1-13-10-17(21-18(20)11-13)14-6-5-7-15(12-14)19(22)23-16-8-3-2-4-9-16/h2-12H,1H3. The van der Waals surface area contributed by atoms with Crippen LogP contribution in [-0.2, 0) is 0 Å². The first-order valence-corrected chi connectivity index (χ1v) is 7.51. The lowest BCUT2D eigenvalue weighted by molar-refractivity contribution is 0.0735. The molecule has 0 radical (unpaired) electrons. The predicted molar refractivity (Wildman–Crippen MR) is 90.8 cm³/mol. The Kier molecular flexibility index (Phi) is 4.40. The van der Waals surface area contributed by atoms with E-state index in [1.807, 2.05) is 37.3 Å². The van der Waals surface area contributed by atoms with Crippen molar-refractivity contribution in [3.05, 3.63) is 83.0 Å². The maximum Gasteiger partial charge on any atom is 0.343 e. The molecule has 0 unspecified atom stereocenters. The maximum atomic E-state index is 12.3. The normalized spacial score (nSPS) is 10.3. The van der Waals surface area contributed by atoms with Crippen LogP contribution in [0.3, 0.4) is 0 Å². The number of aryl methyl sites for hydroxylation is 1. The predicted octanol–water partition coefficient (Wildman–Crippen LogP) is 4.93. The number of hydrogen-bond acceptors (Lipinski definition) is 3. The van der Waals surface area contributed by atoms with Crippen LogP contribution in [0, 0.1) is 6.92 Å². The lowest BCUT2D eigenvalue weighted by Gasteiger charge is -2.07. The van der Waals surface area contributed by atoms with E-state index in [1.165, 1.54) is 0 Å². The van der Waals surface area contributed by atoms with Crippen molar-refractivity contribution in [2.75, 3.05) is 0 Å². The average Bonchev–Trinajstić information content (AvgIpc) is 2.55. The minimum atomic E-state index is -0.406. The molecule has 0 bridgehead atoms. The molecule has 3 rings (SSSR count). The number of halogens is 1. The second kappa shape index (κ2) is 6.63. The number of para-hydroxylation sites is 1. The number of esters is 1. The summed E-state index contributed by atoms with van der Waals surface area (Å²) in [7, 11) is 0. The SMILES string of the molecule is Cc1cc(Cl)nc(-c2cccc(C(=O)Oc3ccccc3)c2)c1. The van der Waals surface area contributed by atoms with Crippen LogP contribution in [0.15, 0.2) is 66.7 Å². The van der Waals surface area contributed by atoms with Gasteiger partial charge in [-0.2, -0.15) is 0 Å². The van der Waals surface area contributed by atoms with Crippen molar-refractivity contribution in [1.82, 2.24) is 4.98 Å². The lowest BCUT2D eigenvalue weighted by atomic mass is 10.1. The molecule has 0 amide bonds. The van der Waals surface area contributed by atoms with Gasteiger partial charge in [0.25, 0.3) is 0 Å². The van der Waals surface area contributed by atoms with E-state index in [-0.39, 0.29) is 0 Å². The zero-order chi connectivity index (χ0) is 16.2. The average molecular weight is 324 g/mol. The molecule has 0 aliphatic carbocycles. The zero-order valence-electron chi connectivity index (χ0n) is 12.5. The maximum absolute atomic E-state index is 12.3. The fourth-order valence-corrected chi connectivity index (χ4v) is 2.50. The number of aromatic nitrogens is 1. The topological polar surface area (TPSA) is 39.2 Å². The van der Waals surface area contributed by atoms with Gasteiger partial charge in [-0.3, -0.25) is 0 Å². The van der Waals surface area contributed by atoms with Crippen LogP contribution in [0.4, 0.5) is 0 Å². The van der Waals surface area contributed by atoms with Crippen LogP contribution in [0.1, 0.15) is 15.9 Å². The summed E-state index contributed by atoms with van der Waals surface area (Å²) in [4.78, 5) is 16.6. The van der Waals surface area contributed by atoms with Crippen LogP contribution in [0.2, 0.25) is 5.15 Å². The van der Waals surface area contributed by atoms with E-state index in [9.17, 15) is 4.79 Å². The van der Waals surface area contributed by atoms with E-state index in [1.54, 1.807) is 36.4 Å². The molecule has 0 aliphatic rings. The van der Waals surface area contributed by atoms with Crippen LogP contribution in [0.25, 0.3) is 11.3 Å². The van der Waals surface area contributed by atoms with E-state index >= 15 is 0 Å². The molecule has 1 aromatic heterocycles. The Labute approximate surface area is 139 Å². The third-order valence-corrected chi connectivity index (χ3v) is 3.48. The van der Waals surface area contributed by atoms with Crippen molar-refractivity contribution in [3.8, 4) is 17.0 Å². The molecule has 114 valence electrons. The van der Waals surface area contributed by atoms with E-state index in [4.69, 9.17) is 16.3 Å². The molecule has 4 heteroatoms. The minimum Gasteiger partial charge on any atom is -0.423 e. The molecular weight excluding hydrogens is 310 g/mol. The van der Waals surface area contributed by atoms with Crippen LogP contribution in [0.5, 0.6) is 5.75 Å². The summed E-state index contributed by atoms with van der Waals surface area (Å²) in [5.41, 5.74) is 3.02. The van der Waals surface area contributed by atoms with Crippen molar-refractivity contribution in [3.63, 3.8) is 0 Å². The van der Waals surface area contributed by atoms with E-state index < -0.39 is 5.97 Å². The fraction of sp³-hybridized carbons (Fsp3) is 0.0526. The Hall–Kier alpha value is -2.65. The highest BCUT2D eigenvalue weighted by molar-refractivity contribution is 6.29. The summed E-state index contributed by atoms with van der Waals surface area (Å²) in [6.07, 6.45) is 0. The quantitative estimate of drug-likeness (QED) is 0.390. The first kappa shape index (κ1) is 15.3. The van der Waals surface area contributed by atoms with Crippen molar-refractivity contribution in [2.45, 2.75) is 6.92 Å². The van der Waals surface area contributed by atoms with Crippen LogP contribution < -0.4 is 4.74 Å². The number of carbonyl (C=O) groups excluding carboxylic acids is 1. The summed E-state index contributed by atoms with van der Waals surface area (Å²) < 4.78 is 5.35. The highest BCUT2D eigenvalue weighted by atomic mass is 35.5. The summed E-state index contributed by atoms with van der Waals surface area (Å²) in [6.45, 7) is 1.95. The van der Waals surface area contributed by atoms with Crippen molar-refractivity contribution in [1.29, 1.82) is 0 Å². The Morgan fingerprint density at radius 1 is 1.00 bits per heavy atom. The van der Waals surface area contributed by atoms with Crippen LogP contribution >= 0.6 is 11.6 Å². The zero-order valence-corrected chi connectivity index (χ0v) is 13.2. The molecule has 2 aromatic carbocycles. The molecule has 0 N–H and O–H groups in total. The van der Waals surface area contributed by atoms with Crippen molar-refractivity contribution >= 4 is 17.6 Å². The third kappa shape index (κ3) is 3.76. The minimum absolute atomic E-state index is 0.406. The molecule has 0 saturated heterocycles. The lowest BCUT2D eigenvalue weighted by Crippen LogP contribution is -2.08. The molecule has 0 spiro atoms. The first-order chi connectivity index (χ1) is 11.1. The number of hydrogen-bond donors (Lipinski definition) is 0. The van der Waals surface area contributed by atoms with Gasteiger partial charge in [-0.05, 0) is 48.9 Å². The summed E-state index contributed by atoms with van der Waals surface area (Å²) in [6, 6.07) is 19.8. The van der Waals surface area contributed by atoms with Gasteiger partial charge in [0.15, 0.2) is 0 Å². The molecule has 3 aromatic rings. The number of nitrogens with zero attached hydrogens (tertiary/aromatic N) is 1. The van der Waals surface area contributed by atoms with Gasteiger partial charge in [-0.15, -0.1) is 0 Å². The van der Waals surface area contributed by atoms with E-state index in [0.717, 1.165) is 16.8 Å². The highest BCUT2D eigenvalue weighted by Crippen LogP contribution is 2.22. The van der Waals surface area contributed by atoms with Gasteiger partial charge in [-0.25, -0.2) is 9.78 Å². The molecule has 0 atom stereocenters. The van der Waals surface area contributed by atoms with Gasteiger partial charge in [0.05, 0.1) is 11.3 Å². The fourth-order valence-electron chi connectivity index (χ4n) is 2.23. The number of carbonyl (C=O) groups is 1. The molecule has 23 heavy (non-hydrogen) atoms. The summed E-state index contributed by atoms with van der Waals surface area (Å²) in [5, 5.41) is 0.428. The molecule has 0 aliphatic heterocycles. The monoisotopic (exact) mass is 323 g/mol. The van der Waals surface area contributed by atoms with Gasteiger partial charge in [-0.1, -0.05) is 41.9 Å². The van der Waals surface area contributed by atoms with E-state index in [0.29, 0.717) is 16.5 Å². The number of rotatable bonds is 3. The summed E-state index contributed by atoms with van der Waals surface area (Å²) >= 11 is 6.01. The third-order valence-electron chi connectivity index (χ3n) is 3.29. The summed E-state index contributed by atoms with van der Waals surface area (Å²) in [5.74, 6) is 0.108. The Morgan fingerprint density at radius 3 is 2.52 bits per heavy atom. The van der Waals surface area contributed by atoms with Gasteiger partial charge in [0.1, 0.15) is 10.9 Å². The largest absolute Gasteiger partial charge is 0.423 e. The smallest absolute Gasteiger partial charge is 0.343 e. The van der Waals surface area contributed by atoms with Crippen molar-refractivity contribution in [2.24, 2.45) is 0 Å². The van der Waals surface area contributed by atoms with Crippen molar-refractivity contribution < 1.29 is 9.53 Å². The molecule has 1 heterocycles. The first-order valence-electron chi connectivity index (χ1n) is 7.14. The number of benzene rings is 2. The second-order valence-corrected chi connectivity index (χ2v) is 5.52. The van der Waals surface area contributed by atoms with E-state index in [2.05, 4.69) is 4.98 Å². The Balaban J connectivity index is 1.89. The molecule has 0 fully saturated rings. The van der Waals surface area contributed by atoms with Crippen LogP contribution in [-0.4, -0.2) is 11.0 Å². The highest BCUT2D eigenvalue weighted by Gasteiger charge is 2.10. The Bertz CT molecular complexity index is 827. The van der Waals surface area contributed by atoms with Gasteiger partial charge < -0.3 is 4.74 Å². The number of pyridine rings is 1. The molecular formula is C19H14ClNO2. The van der Waals surface area contributed by atoms with Gasteiger partial charge in [0, 0.05) is 5.56 Å². The van der Waals surface area contributed by atoms with Gasteiger partial charge >= 0.3 is 5.97 Å². The Morgan fingerprint density at radius 2 is 1.78 bits per heavy atom.